The molecule has 0 spiro atoms. The summed E-state index contributed by atoms with van der Waals surface area (Å²) in [4.78, 5) is 12.3. The molecule has 1 aromatic heterocycles. The summed E-state index contributed by atoms with van der Waals surface area (Å²) >= 11 is 3.49. The summed E-state index contributed by atoms with van der Waals surface area (Å²) < 4.78 is 3.16. The van der Waals surface area contributed by atoms with Crippen LogP contribution in [0, 0.1) is 0 Å². The minimum atomic E-state index is 0.0595. The molecule has 1 aliphatic carbocycles. The van der Waals surface area contributed by atoms with Crippen LogP contribution in [-0.2, 0) is 6.54 Å². The minimum Gasteiger partial charge on any atom is -0.349 e. The molecule has 1 amide bonds. The van der Waals surface area contributed by atoms with E-state index >= 15 is 0 Å². The normalized spacial score (nSPS) is 15.5. The van der Waals surface area contributed by atoms with Gasteiger partial charge in [-0.15, -0.1) is 0 Å². The van der Waals surface area contributed by atoms with E-state index in [4.69, 9.17) is 0 Å². The number of benzene rings is 1. The van der Waals surface area contributed by atoms with E-state index in [1.807, 2.05) is 18.3 Å². The van der Waals surface area contributed by atoms with Gasteiger partial charge in [-0.25, -0.2) is 0 Å². The van der Waals surface area contributed by atoms with Crippen LogP contribution in [-0.4, -0.2) is 16.5 Å². The van der Waals surface area contributed by atoms with E-state index in [-0.39, 0.29) is 5.91 Å². The first-order valence-electron chi connectivity index (χ1n) is 6.78. The Kier molecular flexibility index (Phi) is 3.35. The van der Waals surface area contributed by atoms with E-state index < -0.39 is 0 Å². The fourth-order valence-electron chi connectivity index (χ4n) is 2.52. The first-order valence-corrected chi connectivity index (χ1v) is 7.57. The fourth-order valence-corrected chi connectivity index (χ4v) is 2.87. The van der Waals surface area contributed by atoms with Gasteiger partial charge in [0.2, 0.25) is 0 Å². The van der Waals surface area contributed by atoms with Gasteiger partial charge in [-0.1, -0.05) is 22.0 Å². The Morgan fingerprint density at radius 2 is 2.26 bits per heavy atom. The van der Waals surface area contributed by atoms with E-state index in [1.165, 1.54) is 6.42 Å². The van der Waals surface area contributed by atoms with Crippen molar-refractivity contribution in [2.24, 2.45) is 0 Å². The molecule has 0 radical (unpaired) electrons. The average Bonchev–Trinajstić information content (AvgIpc) is 2.71. The van der Waals surface area contributed by atoms with Crippen LogP contribution in [0.4, 0.5) is 0 Å². The van der Waals surface area contributed by atoms with E-state index in [9.17, 15) is 4.79 Å². The summed E-state index contributed by atoms with van der Waals surface area (Å²) in [5.41, 5.74) is 1.90. The molecule has 19 heavy (non-hydrogen) atoms. The molecule has 2 aromatic rings. The number of rotatable bonds is 3. The molecule has 3 nitrogen and oxygen atoms in total. The molecular formula is C15H17BrN2O. The second-order valence-corrected chi connectivity index (χ2v) is 6.01. The van der Waals surface area contributed by atoms with Crippen molar-refractivity contribution in [1.82, 2.24) is 9.88 Å². The zero-order chi connectivity index (χ0) is 13.4. The van der Waals surface area contributed by atoms with Crippen molar-refractivity contribution in [3.05, 3.63) is 34.4 Å². The van der Waals surface area contributed by atoms with Gasteiger partial charge in [-0.2, -0.15) is 0 Å². The number of carbonyl (C=O) groups excluding carboxylic acids is 1. The Labute approximate surface area is 121 Å². The zero-order valence-electron chi connectivity index (χ0n) is 10.9. The van der Waals surface area contributed by atoms with Crippen LogP contribution in [0.3, 0.4) is 0 Å². The quantitative estimate of drug-likeness (QED) is 0.919. The second kappa shape index (κ2) is 5.00. The van der Waals surface area contributed by atoms with E-state index in [2.05, 4.69) is 38.8 Å². The third kappa shape index (κ3) is 2.29. The lowest BCUT2D eigenvalue weighted by molar-refractivity contribution is 0.0918. The zero-order valence-corrected chi connectivity index (χ0v) is 12.5. The molecule has 0 aliphatic heterocycles. The molecule has 0 atom stereocenters. The van der Waals surface area contributed by atoms with Crippen LogP contribution in [0.1, 0.15) is 36.5 Å². The topological polar surface area (TPSA) is 34.0 Å². The SMILES string of the molecule is CCn1cc(C(=O)NC2CCC2)c2ccc(Br)cc21. The predicted octanol–water partition coefficient (Wildman–Crippen LogP) is 3.71. The number of halogens is 1. The van der Waals surface area contributed by atoms with Gasteiger partial charge < -0.3 is 9.88 Å². The summed E-state index contributed by atoms with van der Waals surface area (Å²) in [6.45, 7) is 2.96. The van der Waals surface area contributed by atoms with Gasteiger partial charge in [0, 0.05) is 34.2 Å². The molecule has 3 rings (SSSR count). The molecular weight excluding hydrogens is 304 g/mol. The van der Waals surface area contributed by atoms with Gasteiger partial charge in [0.15, 0.2) is 0 Å². The standard InChI is InChI=1S/C15H17BrN2O/c1-2-18-9-13(15(19)17-11-4-3-5-11)12-7-6-10(16)8-14(12)18/h6-9,11H,2-5H2,1H3,(H,17,19). The van der Waals surface area contributed by atoms with Gasteiger partial charge in [0.1, 0.15) is 0 Å². The number of nitrogens with one attached hydrogen (secondary N) is 1. The second-order valence-electron chi connectivity index (χ2n) is 5.09. The highest BCUT2D eigenvalue weighted by atomic mass is 79.9. The van der Waals surface area contributed by atoms with Crippen molar-refractivity contribution in [3.8, 4) is 0 Å². The fraction of sp³-hybridized carbons (Fsp3) is 0.400. The van der Waals surface area contributed by atoms with Gasteiger partial charge in [-0.05, 0) is 38.3 Å². The first-order chi connectivity index (χ1) is 9.19. The monoisotopic (exact) mass is 320 g/mol. The number of aromatic nitrogens is 1. The Hall–Kier alpha value is -1.29. The number of amides is 1. The summed E-state index contributed by atoms with van der Waals surface area (Å²) in [6.07, 6.45) is 5.42. The molecule has 1 fully saturated rings. The van der Waals surface area contributed by atoms with Crippen LogP contribution >= 0.6 is 15.9 Å². The molecule has 1 heterocycles. The van der Waals surface area contributed by atoms with Crippen molar-refractivity contribution < 1.29 is 4.79 Å². The minimum absolute atomic E-state index is 0.0595. The Morgan fingerprint density at radius 3 is 2.89 bits per heavy atom. The molecule has 100 valence electrons. The third-order valence-corrected chi connectivity index (χ3v) is 4.36. The average molecular weight is 321 g/mol. The number of hydrogen-bond donors (Lipinski definition) is 1. The highest BCUT2D eigenvalue weighted by Gasteiger charge is 2.22. The molecule has 1 aliphatic rings. The van der Waals surface area contributed by atoms with E-state index in [0.717, 1.165) is 40.3 Å². The van der Waals surface area contributed by atoms with Gasteiger partial charge in [0.25, 0.3) is 5.91 Å². The van der Waals surface area contributed by atoms with E-state index in [0.29, 0.717) is 6.04 Å². The lowest BCUT2D eigenvalue weighted by atomic mass is 9.93. The molecule has 0 bridgehead atoms. The van der Waals surface area contributed by atoms with Crippen molar-refractivity contribution >= 4 is 32.7 Å². The third-order valence-electron chi connectivity index (χ3n) is 3.87. The van der Waals surface area contributed by atoms with Crippen molar-refractivity contribution in [2.75, 3.05) is 0 Å². The lowest BCUT2D eigenvalue weighted by Gasteiger charge is -2.26. The molecule has 4 heteroatoms. The first kappa shape index (κ1) is 12.7. The van der Waals surface area contributed by atoms with E-state index in [1.54, 1.807) is 0 Å². The van der Waals surface area contributed by atoms with Crippen LogP contribution in [0.15, 0.2) is 28.9 Å². The molecule has 1 N–H and O–H groups in total. The smallest absolute Gasteiger partial charge is 0.253 e. The van der Waals surface area contributed by atoms with Crippen molar-refractivity contribution in [3.63, 3.8) is 0 Å². The summed E-state index contributed by atoms with van der Waals surface area (Å²) in [5, 5.41) is 4.14. The largest absolute Gasteiger partial charge is 0.349 e. The summed E-state index contributed by atoms with van der Waals surface area (Å²) in [5.74, 6) is 0.0595. The molecule has 0 unspecified atom stereocenters. The maximum absolute atomic E-state index is 12.3. The van der Waals surface area contributed by atoms with Crippen LogP contribution in [0.2, 0.25) is 0 Å². The Morgan fingerprint density at radius 1 is 1.47 bits per heavy atom. The number of fused-ring (bicyclic) bond motifs is 1. The maximum Gasteiger partial charge on any atom is 0.253 e. The maximum atomic E-state index is 12.3. The summed E-state index contributed by atoms with van der Waals surface area (Å²) in [6, 6.07) is 6.45. The van der Waals surface area contributed by atoms with Gasteiger partial charge in [-0.3, -0.25) is 4.79 Å². The highest BCUT2D eigenvalue weighted by Crippen LogP contribution is 2.26. The van der Waals surface area contributed by atoms with Gasteiger partial charge >= 0.3 is 0 Å². The highest BCUT2D eigenvalue weighted by molar-refractivity contribution is 9.10. The number of nitrogens with zero attached hydrogens (tertiary/aromatic N) is 1. The van der Waals surface area contributed by atoms with Crippen LogP contribution in [0.5, 0.6) is 0 Å². The number of aryl methyl sites for hydroxylation is 1. The number of carbonyl (C=O) groups is 1. The summed E-state index contributed by atoms with van der Waals surface area (Å²) in [7, 11) is 0. The Balaban J connectivity index is 2.00. The lowest BCUT2D eigenvalue weighted by Crippen LogP contribution is -2.39. The van der Waals surface area contributed by atoms with Crippen LogP contribution < -0.4 is 5.32 Å². The molecule has 1 saturated carbocycles. The predicted molar refractivity (Wildman–Crippen MR) is 80.4 cm³/mol. The van der Waals surface area contributed by atoms with Crippen molar-refractivity contribution in [2.45, 2.75) is 38.8 Å². The van der Waals surface area contributed by atoms with Crippen LogP contribution in [0.25, 0.3) is 10.9 Å². The molecule has 1 aromatic carbocycles. The number of hydrogen-bond acceptors (Lipinski definition) is 1. The van der Waals surface area contributed by atoms with Gasteiger partial charge in [0.05, 0.1) is 5.56 Å². The van der Waals surface area contributed by atoms with Crippen molar-refractivity contribution in [1.29, 1.82) is 0 Å². The Bertz CT molecular complexity index is 628. The molecule has 0 saturated heterocycles.